The van der Waals surface area contributed by atoms with Crippen molar-refractivity contribution in [2.75, 3.05) is 7.11 Å². The summed E-state index contributed by atoms with van der Waals surface area (Å²) >= 11 is 0. The average molecular weight is 261 g/mol. The highest BCUT2D eigenvalue weighted by atomic mass is 16.5. The number of ether oxygens (including phenoxy) is 1. The molecule has 0 saturated heterocycles. The number of carbonyl (C=O) groups excluding carboxylic acids is 2. The van der Waals surface area contributed by atoms with Gasteiger partial charge in [0.2, 0.25) is 5.91 Å². The lowest BCUT2D eigenvalue weighted by Gasteiger charge is -2.10. The van der Waals surface area contributed by atoms with Crippen LogP contribution in [0, 0.1) is 6.92 Å². The summed E-state index contributed by atoms with van der Waals surface area (Å²) in [4.78, 5) is 22.6. The van der Waals surface area contributed by atoms with Crippen LogP contribution in [0.15, 0.2) is 30.3 Å². The van der Waals surface area contributed by atoms with Crippen LogP contribution in [0.4, 0.5) is 0 Å². The van der Waals surface area contributed by atoms with Gasteiger partial charge in [0.25, 0.3) is 0 Å². The minimum Gasteiger partial charge on any atom is -0.469 e. The van der Waals surface area contributed by atoms with Crippen molar-refractivity contribution < 1.29 is 14.3 Å². The average Bonchev–Trinajstić information content (AvgIpc) is 2.37. The van der Waals surface area contributed by atoms with Crippen molar-refractivity contribution in [2.24, 2.45) is 0 Å². The Hall–Kier alpha value is -2.10. The summed E-state index contributed by atoms with van der Waals surface area (Å²) in [6, 6.07) is 7.60. The first-order chi connectivity index (χ1) is 9.01. The molecule has 1 rings (SSSR count). The Morgan fingerprint density at radius 1 is 1.32 bits per heavy atom. The maximum atomic E-state index is 11.6. The van der Waals surface area contributed by atoms with Gasteiger partial charge in [0, 0.05) is 12.1 Å². The van der Waals surface area contributed by atoms with E-state index in [-0.39, 0.29) is 24.3 Å². The molecule has 0 aliphatic carbocycles. The van der Waals surface area contributed by atoms with Crippen LogP contribution >= 0.6 is 0 Å². The number of esters is 1. The molecule has 0 radical (unpaired) electrons. The van der Waals surface area contributed by atoms with Gasteiger partial charge in [0.15, 0.2) is 0 Å². The minimum absolute atomic E-state index is 0.167. The maximum Gasteiger partial charge on any atom is 0.307 e. The first kappa shape index (κ1) is 15.0. The summed E-state index contributed by atoms with van der Waals surface area (Å²) in [5.74, 6) is -0.563. The second-order valence-electron chi connectivity index (χ2n) is 4.43. The lowest BCUT2D eigenvalue weighted by Crippen LogP contribution is -2.33. The zero-order chi connectivity index (χ0) is 14.3. The minimum atomic E-state index is -0.338. The molecule has 1 N–H and O–H groups in total. The lowest BCUT2D eigenvalue weighted by molar-refractivity contribution is -0.141. The third-order valence-electron chi connectivity index (χ3n) is 2.59. The van der Waals surface area contributed by atoms with Crippen molar-refractivity contribution in [1.29, 1.82) is 0 Å². The second kappa shape index (κ2) is 7.36. The van der Waals surface area contributed by atoms with Gasteiger partial charge in [-0.1, -0.05) is 29.8 Å². The number of aryl methyl sites for hydroxylation is 1. The Kier molecular flexibility index (Phi) is 5.79. The molecule has 0 spiro atoms. The van der Waals surface area contributed by atoms with E-state index in [9.17, 15) is 9.59 Å². The van der Waals surface area contributed by atoms with E-state index in [0.717, 1.165) is 5.56 Å². The van der Waals surface area contributed by atoms with E-state index in [0.29, 0.717) is 0 Å². The molecule has 1 amide bonds. The maximum absolute atomic E-state index is 11.6. The predicted octanol–water partition coefficient (Wildman–Crippen LogP) is 2.08. The van der Waals surface area contributed by atoms with E-state index in [2.05, 4.69) is 10.1 Å². The summed E-state index contributed by atoms with van der Waals surface area (Å²) in [7, 11) is 1.33. The molecular weight excluding hydrogens is 242 g/mol. The smallest absolute Gasteiger partial charge is 0.307 e. The van der Waals surface area contributed by atoms with Crippen LogP contribution in [0.3, 0.4) is 0 Å². The molecule has 0 bridgehead atoms. The van der Waals surface area contributed by atoms with E-state index in [4.69, 9.17) is 0 Å². The zero-order valence-electron chi connectivity index (χ0n) is 11.5. The summed E-state index contributed by atoms with van der Waals surface area (Å²) in [5.41, 5.74) is 2.13. The van der Waals surface area contributed by atoms with Crippen LogP contribution in [-0.2, 0) is 14.3 Å². The Morgan fingerprint density at radius 3 is 2.53 bits per heavy atom. The Morgan fingerprint density at radius 2 is 1.95 bits per heavy atom. The molecule has 0 saturated carbocycles. The van der Waals surface area contributed by atoms with Gasteiger partial charge < -0.3 is 10.1 Å². The normalized spacial score (nSPS) is 12.2. The quantitative estimate of drug-likeness (QED) is 0.652. The van der Waals surface area contributed by atoms with Crippen LogP contribution in [-0.4, -0.2) is 25.0 Å². The Labute approximate surface area is 113 Å². The highest BCUT2D eigenvalue weighted by Gasteiger charge is 2.10. The van der Waals surface area contributed by atoms with Crippen molar-refractivity contribution in [3.63, 3.8) is 0 Å². The third-order valence-corrected chi connectivity index (χ3v) is 2.59. The number of benzene rings is 1. The zero-order valence-corrected chi connectivity index (χ0v) is 11.5. The standard InChI is InChI=1S/C15H19NO3/c1-11-4-6-13(7-5-11)8-9-14(17)16-12(2)10-15(18)19-3/h4-9,12H,10H2,1-3H3,(H,16,17)/b9-8+. The van der Waals surface area contributed by atoms with Gasteiger partial charge in [0.1, 0.15) is 0 Å². The molecule has 1 atom stereocenters. The van der Waals surface area contributed by atoms with E-state index < -0.39 is 0 Å². The molecule has 4 heteroatoms. The van der Waals surface area contributed by atoms with Gasteiger partial charge in [-0.05, 0) is 25.5 Å². The Bertz CT molecular complexity index is 463. The van der Waals surface area contributed by atoms with Gasteiger partial charge in [-0.25, -0.2) is 0 Å². The van der Waals surface area contributed by atoms with Crippen molar-refractivity contribution >= 4 is 18.0 Å². The highest BCUT2D eigenvalue weighted by Crippen LogP contribution is 2.04. The summed E-state index contributed by atoms with van der Waals surface area (Å²) in [5, 5.41) is 2.70. The van der Waals surface area contributed by atoms with Crippen LogP contribution in [0.25, 0.3) is 6.08 Å². The molecular formula is C15H19NO3. The number of hydrogen-bond donors (Lipinski definition) is 1. The monoisotopic (exact) mass is 261 g/mol. The largest absolute Gasteiger partial charge is 0.469 e. The van der Waals surface area contributed by atoms with Crippen molar-refractivity contribution in [3.8, 4) is 0 Å². The topological polar surface area (TPSA) is 55.4 Å². The molecule has 0 heterocycles. The number of amides is 1. The van der Waals surface area contributed by atoms with Crippen molar-refractivity contribution in [1.82, 2.24) is 5.32 Å². The second-order valence-corrected chi connectivity index (χ2v) is 4.43. The first-order valence-electron chi connectivity index (χ1n) is 6.13. The van der Waals surface area contributed by atoms with E-state index in [1.807, 2.05) is 31.2 Å². The van der Waals surface area contributed by atoms with E-state index in [1.54, 1.807) is 13.0 Å². The van der Waals surface area contributed by atoms with Crippen LogP contribution in [0.1, 0.15) is 24.5 Å². The molecule has 1 aromatic rings. The third kappa shape index (κ3) is 5.86. The fraction of sp³-hybridized carbons (Fsp3) is 0.333. The fourth-order valence-corrected chi connectivity index (χ4v) is 1.52. The number of carbonyl (C=O) groups is 2. The number of rotatable bonds is 5. The fourth-order valence-electron chi connectivity index (χ4n) is 1.52. The molecule has 1 aromatic carbocycles. The van der Waals surface area contributed by atoms with Gasteiger partial charge >= 0.3 is 5.97 Å². The van der Waals surface area contributed by atoms with E-state index in [1.165, 1.54) is 18.7 Å². The van der Waals surface area contributed by atoms with E-state index >= 15 is 0 Å². The lowest BCUT2D eigenvalue weighted by atomic mass is 10.1. The Balaban J connectivity index is 2.46. The molecule has 0 fully saturated rings. The highest BCUT2D eigenvalue weighted by molar-refractivity contribution is 5.92. The predicted molar refractivity (Wildman–Crippen MR) is 74.5 cm³/mol. The molecule has 19 heavy (non-hydrogen) atoms. The van der Waals surface area contributed by atoms with Crippen LogP contribution < -0.4 is 5.32 Å². The number of hydrogen-bond acceptors (Lipinski definition) is 3. The molecule has 4 nitrogen and oxygen atoms in total. The number of nitrogens with one attached hydrogen (secondary N) is 1. The summed E-state index contributed by atoms with van der Waals surface area (Å²) < 4.78 is 4.53. The van der Waals surface area contributed by atoms with Gasteiger partial charge in [0.05, 0.1) is 13.5 Å². The van der Waals surface area contributed by atoms with Crippen molar-refractivity contribution in [2.45, 2.75) is 26.3 Å². The van der Waals surface area contributed by atoms with Gasteiger partial charge in [-0.15, -0.1) is 0 Å². The SMILES string of the molecule is COC(=O)CC(C)NC(=O)/C=C/c1ccc(C)cc1. The van der Waals surface area contributed by atoms with Gasteiger partial charge in [-0.3, -0.25) is 9.59 Å². The molecule has 0 aromatic heterocycles. The van der Waals surface area contributed by atoms with Gasteiger partial charge in [-0.2, -0.15) is 0 Å². The summed E-state index contributed by atoms with van der Waals surface area (Å²) in [6.07, 6.45) is 3.36. The molecule has 102 valence electrons. The number of methoxy groups -OCH3 is 1. The van der Waals surface area contributed by atoms with Crippen molar-refractivity contribution in [3.05, 3.63) is 41.5 Å². The molecule has 1 unspecified atom stereocenters. The first-order valence-corrected chi connectivity index (χ1v) is 6.13. The molecule has 0 aliphatic rings. The van der Waals surface area contributed by atoms with Crippen LogP contribution in [0.5, 0.6) is 0 Å². The van der Waals surface area contributed by atoms with Crippen LogP contribution in [0.2, 0.25) is 0 Å². The molecule has 0 aliphatic heterocycles. The summed E-state index contributed by atoms with van der Waals surface area (Å²) in [6.45, 7) is 3.77.